The van der Waals surface area contributed by atoms with Gasteiger partial charge in [-0.1, -0.05) is 25.7 Å². The summed E-state index contributed by atoms with van der Waals surface area (Å²) >= 11 is 0. The van der Waals surface area contributed by atoms with E-state index in [1.807, 2.05) is 18.7 Å². The number of hydrogen-bond acceptors (Lipinski definition) is 4. The molecule has 0 unspecified atom stereocenters. The van der Waals surface area contributed by atoms with Gasteiger partial charge in [0.25, 0.3) is 0 Å². The average Bonchev–Trinajstić information content (AvgIpc) is 2.89. The summed E-state index contributed by atoms with van der Waals surface area (Å²) in [5, 5.41) is 6.13. The van der Waals surface area contributed by atoms with Gasteiger partial charge in [-0.25, -0.2) is 0 Å². The molecule has 26 heavy (non-hydrogen) atoms. The summed E-state index contributed by atoms with van der Waals surface area (Å²) in [4.78, 5) is 29.3. The minimum absolute atomic E-state index is 0.00811. The molecule has 6 nitrogen and oxygen atoms in total. The van der Waals surface area contributed by atoms with Crippen molar-refractivity contribution < 1.29 is 9.59 Å². The Balaban J connectivity index is 1.50. The summed E-state index contributed by atoms with van der Waals surface area (Å²) < 4.78 is 0. The molecule has 2 aliphatic heterocycles. The first kappa shape index (κ1) is 19.6. The van der Waals surface area contributed by atoms with Crippen LogP contribution in [0.5, 0.6) is 0 Å². The Hall–Kier alpha value is -1.14. The number of nitrogens with one attached hydrogen (secondary N) is 2. The highest BCUT2D eigenvalue weighted by molar-refractivity contribution is 5.87. The van der Waals surface area contributed by atoms with Gasteiger partial charge in [-0.3, -0.25) is 19.4 Å². The summed E-state index contributed by atoms with van der Waals surface area (Å²) in [6.45, 7) is 7.60. The fraction of sp³-hybridized carbons (Fsp3) is 0.900. The lowest BCUT2D eigenvalue weighted by Gasteiger charge is -2.41. The lowest BCUT2D eigenvalue weighted by Crippen LogP contribution is -2.63. The maximum Gasteiger partial charge on any atom is 0.240 e. The van der Waals surface area contributed by atoms with Gasteiger partial charge in [0.1, 0.15) is 0 Å². The van der Waals surface area contributed by atoms with Gasteiger partial charge < -0.3 is 10.6 Å². The molecule has 0 radical (unpaired) electrons. The Morgan fingerprint density at radius 3 is 2.58 bits per heavy atom. The van der Waals surface area contributed by atoms with E-state index in [0.717, 1.165) is 19.5 Å². The van der Waals surface area contributed by atoms with Crippen molar-refractivity contribution in [2.45, 2.75) is 82.8 Å². The first-order valence-electron chi connectivity index (χ1n) is 10.5. The van der Waals surface area contributed by atoms with Gasteiger partial charge >= 0.3 is 0 Å². The zero-order chi connectivity index (χ0) is 18.6. The molecule has 1 aliphatic carbocycles. The largest absolute Gasteiger partial charge is 0.353 e. The fourth-order valence-corrected chi connectivity index (χ4v) is 4.75. The number of piperazine rings is 1. The number of piperidine rings is 1. The van der Waals surface area contributed by atoms with E-state index in [-0.39, 0.29) is 17.9 Å². The zero-order valence-electron chi connectivity index (χ0n) is 16.6. The average molecular weight is 365 g/mol. The predicted octanol–water partition coefficient (Wildman–Crippen LogP) is 1.50. The molecule has 0 aromatic heterocycles. The van der Waals surface area contributed by atoms with Crippen molar-refractivity contribution in [3.05, 3.63) is 0 Å². The third-order valence-electron chi connectivity index (χ3n) is 6.51. The van der Waals surface area contributed by atoms with Crippen molar-refractivity contribution in [2.24, 2.45) is 0 Å². The number of hydrogen-bond donors (Lipinski definition) is 2. The van der Waals surface area contributed by atoms with E-state index in [1.165, 1.54) is 51.5 Å². The van der Waals surface area contributed by atoms with E-state index in [1.54, 1.807) is 0 Å². The fourth-order valence-electron chi connectivity index (χ4n) is 4.75. The summed E-state index contributed by atoms with van der Waals surface area (Å²) in [6.07, 6.45) is 10.3. The Morgan fingerprint density at radius 2 is 1.85 bits per heavy atom. The molecule has 3 fully saturated rings. The predicted molar refractivity (Wildman–Crippen MR) is 103 cm³/mol. The molecule has 2 saturated heterocycles. The van der Waals surface area contributed by atoms with Crippen LogP contribution in [-0.4, -0.2) is 72.0 Å². The maximum absolute atomic E-state index is 12.6. The Labute approximate surface area is 158 Å². The van der Waals surface area contributed by atoms with Gasteiger partial charge in [0.2, 0.25) is 11.8 Å². The van der Waals surface area contributed by atoms with E-state index < -0.39 is 5.54 Å². The van der Waals surface area contributed by atoms with Crippen LogP contribution in [0.4, 0.5) is 0 Å². The summed E-state index contributed by atoms with van der Waals surface area (Å²) in [7, 11) is 0. The number of nitrogens with zero attached hydrogens (tertiary/aromatic N) is 2. The molecule has 6 heteroatoms. The van der Waals surface area contributed by atoms with Gasteiger partial charge in [-0.2, -0.15) is 0 Å². The third kappa shape index (κ3) is 4.77. The summed E-state index contributed by atoms with van der Waals surface area (Å²) in [6, 6.07) is 0.961. The lowest BCUT2D eigenvalue weighted by molar-refractivity contribution is -0.137. The number of likely N-dealkylation sites (tertiary alicyclic amines) is 1. The maximum atomic E-state index is 12.6. The second-order valence-electron chi connectivity index (χ2n) is 8.78. The van der Waals surface area contributed by atoms with Crippen molar-refractivity contribution in [1.82, 2.24) is 20.4 Å². The molecule has 1 saturated carbocycles. The number of amides is 2. The molecule has 0 bridgehead atoms. The number of rotatable bonds is 4. The second-order valence-corrected chi connectivity index (χ2v) is 8.78. The molecule has 2 N–H and O–H groups in total. The first-order chi connectivity index (χ1) is 12.5. The van der Waals surface area contributed by atoms with Gasteiger partial charge in [0.05, 0.1) is 12.1 Å². The first-order valence-corrected chi connectivity index (χ1v) is 10.5. The third-order valence-corrected chi connectivity index (χ3v) is 6.51. The minimum Gasteiger partial charge on any atom is -0.353 e. The van der Waals surface area contributed by atoms with E-state index >= 15 is 0 Å². The van der Waals surface area contributed by atoms with Crippen LogP contribution in [0.1, 0.15) is 65.2 Å². The van der Waals surface area contributed by atoms with Crippen LogP contribution in [0.25, 0.3) is 0 Å². The van der Waals surface area contributed by atoms with Crippen molar-refractivity contribution in [2.75, 3.05) is 32.7 Å². The molecule has 3 rings (SSSR count). The van der Waals surface area contributed by atoms with Gasteiger partial charge in [0, 0.05) is 31.7 Å². The van der Waals surface area contributed by atoms with Crippen LogP contribution < -0.4 is 10.6 Å². The molecule has 148 valence electrons. The van der Waals surface area contributed by atoms with E-state index in [2.05, 4.69) is 15.5 Å². The van der Waals surface area contributed by atoms with E-state index in [4.69, 9.17) is 0 Å². The standard InChI is InChI=1S/C20H36N4O2/c1-20(2)19(26)21-11-13-24(20)15-18(25)22-16-8-7-12-23(14-16)17-9-5-3-4-6-10-17/h16-17H,3-15H2,1-2H3,(H,21,26)(H,22,25)/t16-/m0/s1. The highest BCUT2D eigenvalue weighted by Gasteiger charge is 2.38. The number of carbonyl (C=O) groups excluding carboxylic acids is 2. The summed E-state index contributed by atoms with van der Waals surface area (Å²) in [5.41, 5.74) is -0.617. The Bertz CT molecular complexity index is 500. The molecule has 2 amide bonds. The number of carbonyl (C=O) groups is 2. The van der Waals surface area contributed by atoms with Crippen molar-refractivity contribution in [3.8, 4) is 0 Å². The monoisotopic (exact) mass is 364 g/mol. The topological polar surface area (TPSA) is 64.7 Å². The summed E-state index contributed by atoms with van der Waals surface area (Å²) in [5.74, 6) is 0.0641. The van der Waals surface area contributed by atoms with Crippen LogP contribution in [0.15, 0.2) is 0 Å². The van der Waals surface area contributed by atoms with Crippen molar-refractivity contribution in [3.63, 3.8) is 0 Å². The Morgan fingerprint density at radius 1 is 1.12 bits per heavy atom. The van der Waals surface area contributed by atoms with Crippen LogP contribution in [0, 0.1) is 0 Å². The molecule has 0 aromatic carbocycles. The normalized spacial score (nSPS) is 29.0. The molecular weight excluding hydrogens is 328 g/mol. The van der Waals surface area contributed by atoms with Crippen LogP contribution in [0.3, 0.4) is 0 Å². The molecule has 1 atom stereocenters. The van der Waals surface area contributed by atoms with Gasteiger partial charge in [-0.15, -0.1) is 0 Å². The quantitative estimate of drug-likeness (QED) is 0.742. The van der Waals surface area contributed by atoms with E-state index in [0.29, 0.717) is 19.1 Å². The van der Waals surface area contributed by atoms with Crippen LogP contribution in [0.2, 0.25) is 0 Å². The van der Waals surface area contributed by atoms with Gasteiger partial charge in [0.15, 0.2) is 0 Å². The molecule has 0 spiro atoms. The lowest BCUT2D eigenvalue weighted by atomic mass is 9.98. The van der Waals surface area contributed by atoms with Gasteiger partial charge in [-0.05, 0) is 46.1 Å². The van der Waals surface area contributed by atoms with Crippen LogP contribution >= 0.6 is 0 Å². The smallest absolute Gasteiger partial charge is 0.240 e. The second kappa shape index (κ2) is 8.70. The van der Waals surface area contributed by atoms with Crippen molar-refractivity contribution in [1.29, 1.82) is 0 Å². The molecule has 3 aliphatic rings. The van der Waals surface area contributed by atoms with E-state index in [9.17, 15) is 9.59 Å². The molecular formula is C20H36N4O2. The minimum atomic E-state index is -0.617. The molecule has 0 aromatic rings. The van der Waals surface area contributed by atoms with Crippen LogP contribution in [-0.2, 0) is 9.59 Å². The molecule has 2 heterocycles. The highest BCUT2D eigenvalue weighted by Crippen LogP contribution is 2.25. The highest BCUT2D eigenvalue weighted by atomic mass is 16.2. The SMILES string of the molecule is CC1(C)C(=O)NCCN1CC(=O)N[C@H]1CCCN(C2CCCCCC2)C1. The Kier molecular flexibility index (Phi) is 6.56. The zero-order valence-corrected chi connectivity index (χ0v) is 16.6. The van der Waals surface area contributed by atoms with Crippen molar-refractivity contribution >= 4 is 11.8 Å².